The molecule has 1 heterocycles. The van der Waals surface area contributed by atoms with Crippen molar-refractivity contribution in [2.45, 2.75) is 39.7 Å². The molecule has 1 aromatic heterocycles. The Morgan fingerprint density at radius 1 is 1.38 bits per heavy atom. The van der Waals surface area contributed by atoms with E-state index in [1.165, 1.54) is 17.8 Å². The van der Waals surface area contributed by atoms with Gasteiger partial charge < -0.3 is 5.11 Å². The maximum Gasteiger partial charge on any atom is 0.0926 e. The van der Waals surface area contributed by atoms with E-state index in [-0.39, 0.29) is 6.61 Å². The van der Waals surface area contributed by atoms with Crippen LogP contribution in [0, 0.1) is 0 Å². The van der Waals surface area contributed by atoms with Gasteiger partial charge in [-0.15, -0.1) is 11.3 Å². The fraction of sp³-hybridized carbons (Fsp3) is 0.750. The Morgan fingerprint density at radius 3 is 2.75 bits per heavy atom. The maximum atomic E-state index is 9.01. The third-order valence-corrected chi connectivity index (χ3v) is 3.57. The molecule has 0 saturated carbocycles. The second kappa shape index (κ2) is 7.76. The highest BCUT2D eigenvalue weighted by molar-refractivity contribution is 7.09. The summed E-state index contributed by atoms with van der Waals surface area (Å²) in [7, 11) is 0. The zero-order valence-corrected chi connectivity index (χ0v) is 11.1. The molecule has 92 valence electrons. The Balaban J connectivity index is 2.46. The van der Waals surface area contributed by atoms with Crippen molar-refractivity contribution in [3.05, 3.63) is 16.1 Å². The van der Waals surface area contributed by atoms with Crippen LogP contribution in [0.15, 0.2) is 5.38 Å². The molecule has 0 fully saturated rings. The SMILES string of the molecule is CCCCN(CCO)Cc1csc(CC)n1. The number of thiazole rings is 1. The van der Waals surface area contributed by atoms with Crippen LogP contribution in [0.4, 0.5) is 0 Å². The summed E-state index contributed by atoms with van der Waals surface area (Å²) in [4.78, 5) is 6.83. The summed E-state index contributed by atoms with van der Waals surface area (Å²) in [6, 6.07) is 0. The van der Waals surface area contributed by atoms with Crippen molar-refractivity contribution >= 4 is 11.3 Å². The molecule has 1 aromatic rings. The molecule has 16 heavy (non-hydrogen) atoms. The number of hydrogen-bond acceptors (Lipinski definition) is 4. The third-order valence-electron chi connectivity index (χ3n) is 2.53. The first-order chi connectivity index (χ1) is 7.80. The number of hydrogen-bond donors (Lipinski definition) is 1. The van der Waals surface area contributed by atoms with Gasteiger partial charge in [0.15, 0.2) is 0 Å². The van der Waals surface area contributed by atoms with E-state index < -0.39 is 0 Å². The monoisotopic (exact) mass is 242 g/mol. The van der Waals surface area contributed by atoms with Gasteiger partial charge in [-0.1, -0.05) is 20.3 Å². The van der Waals surface area contributed by atoms with Gasteiger partial charge in [0.25, 0.3) is 0 Å². The molecule has 0 saturated heterocycles. The Bertz CT molecular complexity index is 288. The zero-order valence-electron chi connectivity index (χ0n) is 10.3. The summed E-state index contributed by atoms with van der Waals surface area (Å²) in [6.45, 7) is 7.22. The van der Waals surface area contributed by atoms with E-state index in [0.29, 0.717) is 0 Å². The molecule has 1 N–H and O–H groups in total. The standard InChI is InChI=1S/C12H22N2OS/c1-3-5-6-14(7-8-15)9-11-10-16-12(4-2)13-11/h10,15H,3-9H2,1-2H3. The average molecular weight is 242 g/mol. The fourth-order valence-electron chi connectivity index (χ4n) is 1.61. The average Bonchev–Trinajstić information content (AvgIpc) is 2.74. The Hall–Kier alpha value is -0.450. The predicted octanol–water partition coefficient (Wildman–Crippen LogP) is 2.30. The first kappa shape index (κ1) is 13.6. The van der Waals surface area contributed by atoms with E-state index in [1.807, 2.05) is 0 Å². The number of nitrogens with zero attached hydrogens (tertiary/aromatic N) is 2. The summed E-state index contributed by atoms with van der Waals surface area (Å²) < 4.78 is 0. The van der Waals surface area contributed by atoms with Gasteiger partial charge in [-0.05, 0) is 19.4 Å². The van der Waals surface area contributed by atoms with Gasteiger partial charge in [-0.2, -0.15) is 0 Å². The molecule has 0 aromatic carbocycles. The lowest BCUT2D eigenvalue weighted by atomic mass is 10.3. The van der Waals surface area contributed by atoms with Crippen molar-refractivity contribution in [2.24, 2.45) is 0 Å². The van der Waals surface area contributed by atoms with Crippen molar-refractivity contribution < 1.29 is 5.11 Å². The van der Waals surface area contributed by atoms with E-state index in [0.717, 1.165) is 31.7 Å². The van der Waals surface area contributed by atoms with Crippen LogP contribution in [0.3, 0.4) is 0 Å². The molecule has 0 amide bonds. The molecule has 0 bridgehead atoms. The highest BCUT2D eigenvalue weighted by Crippen LogP contribution is 2.12. The highest BCUT2D eigenvalue weighted by Gasteiger charge is 2.07. The topological polar surface area (TPSA) is 36.4 Å². The van der Waals surface area contributed by atoms with E-state index in [1.54, 1.807) is 11.3 Å². The van der Waals surface area contributed by atoms with Crippen LogP contribution in [-0.4, -0.2) is 34.7 Å². The number of aliphatic hydroxyl groups is 1. The Labute approximate surface area is 102 Å². The minimum Gasteiger partial charge on any atom is -0.395 e. The third kappa shape index (κ3) is 4.60. The van der Waals surface area contributed by atoms with E-state index in [2.05, 4.69) is 29.1 Å². The smallest absolute Gasteiger partial charge is 0.0926 e. The quantitative estimate of drug-likeness (QED) is 0.760. The predicted molar refractivity (Wildman–Crippen MR) is 68.8 cm³/mol. The number of aliphatic hydroxyl groups excluding tert-OH is 1. The van der Waals surface area contributed by atoms with E-state index in [4.69, 9.17) is 5.11 Å². The number of unbranched alkanes of at least 4 members (excludes halogenated alkanes) is 1. The lowest BCUT2D eigenvalue weighted by molar-refractivity contribution is 0.187. The second-order valence-corrected chi connectivity index (χ2v) is 4.88. The summed E-state index contributed by atoms with van der Waals surface area (Å²) in [5.74, 6) is 0. The number of rotatable bonds is 8. The first-order valence-corrected chi connectivity index (χ1v) is 6.94. The summed E-state index contributed by atoms with van der Waals surface area (Å²) >= 11 is 1.73. The van der Waals surface area contributed by atoms with Crippen LogP contribution in [-0.2, 0) is 13.0 Å². The minimum atomic E-state index is 0.231. The molecule has 0 unspecified atom stereocenters. The number of aryl methyl sites for hydroxylation is 1. The largest absolute Gasteiger partial charge is 0.395 e. The van der Waals surface area contributed by atoms with Crippen molar-refractivity contribution in [1.29, 1.82) is 0 Å². The van der Waals surface area contributed by atoms with E-state index >= 15 is 0 Å². The van der Waals surface area contributed by atoms with Gasteiger partial charge in [0, 0.05) is 18.5 Å². The van der Waals surface area contributed by atoms with Crippen LogP contribution in [0.25, 0.3) is 0 Å². The van der Waals surface area contributed by atoms with Gasteiger partial charge in [0.05, 0.1) is 17.3 Å². The van der Waals surface area contributed by atoms with Crippen molar-refractivity contribution in [2.75, 3.05) is 19.7 Å². The summed E-state index contributed by atoms with van der Waals surface area (Å²) in [5.41, 5.74) is 1.14. The summed E-state index contributed by atoms with van der Waals surface area (Å²) in [6.07, 6.45) is 3.39. The zero-order chi connectivity index (χ0) is 11.8. The second-order valence-electron chi connectivity index (χ2n) is 3.94. The van der Waals surface area contributed by atoms with Gasteiger partial charge in [-0.25, -0.2) is 4.98 Å². The van der Waals surface area contributed by atoms with Crippen LogP contribution < -0.4 is 0 Å². The lowest BCUT2D eigenvalue weighted by Gasteiger charge is -2.19. The van der Waals surface area contributed by atoms with Crippen LogP contribution >= 0.6 is 11.3 Å². The number of aromatic nitrogens is 1. The van der Waals surface area contributed by atoms with Gasteiger partial charge in [0.2, 0.25) is 0 Å². The molecule has 4 heteroatoms. The molecule has 0 aliphatic rings. The molecule has 0 aliphatic carbocycles. The molecular weight excluding hydrogens is 220 g/mol. The molecule has 3 nitrogen and oxygen atoms in total. The normalized spacial score (nSPS) is 11.2. The van der Waals surface area contributed by atoms with Gasteiger partial charge >= 0.3 is 0 Å². The van der Waals surface area contributed by atoms with Gasteiger partial charge in [-0.3, -0.25) is 4.90 Å². The molecule has 0 aliphatic heterocycles. The highest BCUT2D eigenvalue weighted by atomic mass is 32.1. The van der Waals surface area contributed by atoms with Crippen LogP contribution in [0.5, 0.6) is 0 Å². The lowest BCUT2D eigenvalue weighted by Crippen LogP contribution is -2.27. The van der Waals surface area contributed by atoms with Crippen molar-refractivity contribution in [3.8, 4) is 0 Å². The maximum absolute atomic E-state index is 9.01. The van der Waals surface area contributed by atoms with Crippen molar-refractivity contribution in [3.63, 3.8) is 0 Å². The molecule has 0 radical (unpaired) electrons. The minimum absolute atomic E-state index is 0.231. The van der Waals surface area contributed by atoms with Crippen LogP contribution in [0.2, 0.25) is 0 Å². The molecular formula is C12H22N2OS. The Morgan fingerprint density at radius 2 is 2.19 bits per heavy atom. The Kier molecular flexibility index (Phi) is 6.61. The summed E-state index contributed by atoms with van der Waals surface area (Å²) in [5, 5.41) is 12.3. The molecule has 0 spiro atoms. The fourth-order valence-corrected chi connectivity index (χ4v) is 2.34. The van der Waals surface area contributed by atoms with Crippen LogP contribution in [0.1, 0.15) is 37.4 Å². The van der Waals surface area contributed by atoms with E-state index in [9.17, 15) is 0 Å². The van der Waals surface area contributed by atoms with Crippen molar-refractivity contribution in [1.82, 2.24) is 9.88 Å². The van der Waals surface area contributed by atoms with Gasteiger partial charge in [0.1, 0.15) is 0 Å². The molecule has 0 atom stereocenters. The molecule has 1 rings (SSSR count). The first-order valence-electron chi connectivity index (χ1n) is 6.06.